The molecule has 0 bridgehead atoms. The van der Waals surface area contributed by atoms with Crippen LogP contribution < -0.4 is 14.8 Å². The number of carbonyl (C=O) groups is 1. The maximum absolute atomic E-state index is 11.4. The molecule has 1 aliphatic rings. The van der Waals surface area contributed by atoms with Gasteiger partial charge in [0.1, 0.15) is 5.75 Å². The lowest BCUT2D eigenvalue weighted by Gasteiger charge is -2.25. The molecule has 1 saturated heterocycles. The number of carbonyl (C=O) groups excluding carboxylic acids is 1. The number of nitrogens with zero attached hydrogens (tertiary/aromatic N) is 2. The van der Waals surface area contributed by atoms with Crippen molar-refractivity contribution < 1.29 is 14.3 Å². The number of amides is 1. The van der Waals surface area contributed by atoms with Gasteiger partial charge in [-0.3, -0.25) is 9.78 Å². The number of morpholine rings is 1. The lowest BCUT2D eigenvalue weighted by Crippen LogP contribution is -2.32. The minimum atomic E-state index is -0.169. The highest BCUT2D eigenvalue weighted by Gasteiger charge is 2.13. The predicted molar refractivity (Wildman–Crippen MR) is 94.9 cm³/mol. The number of fused-ring (bicyclic) bond motifs is 1. The van der Waals surface area contributed by atoms with E-state index in [9.17, 15) is 4.79 Å². The zero-order valence-electron chi connectivity index (χ0n) is 13.4. The maximum atomic E-state index is 11.4. The van der Waals surface area contributed by atoms with Crippen molar-refractivity contribution in [1.29, 1.82) is 0 Å². The summed E-state index contributed by atoms with van der Waals surface area (Å²) in [6.07, 6.45) is 1.75. The number of benzene rings is 1. The molecule has 1 aromatic carbocycles. The molecule has 2 N–H and O–H groups in total. The van der Waals surface area contributed by atoms with Crippen LogP contribution in [-0.4, -0.2) is 55.2 Å². The van der Waals surface area contributed by atoms with Crippen molar-refractivity contribution in [2.75, 3.05) is 44.7 Å². The Bertz CT molecular complexity index is 707. The summed E-state index contributed by atoms with van der Waals surface area (Å²) >= 11 is 1.55. The largest absolute Gasteiger partial charge is 0.483 e. The average molecular weight is 348 g/mol. The molecule has 24 heavy (non-hydrogen) atoms. The highest BCUT2D eigenvalue weighted by Crippen LogP contribution is 2.31. The van der Waals surface area contributed by atoms with Gasteiger partial charge in [-0.05, 0) is 24.3 Å². The number of aromatic nitrogens is 1. The van der Waals surface area contributed by atoms with E-state index in [-0.39, 0.29) is 12.5 Å². The standard InChI is InChI=1S/C16H20N4O3S/c1-17-15(21)11-23-14-5-4-13(16-12(14)3-2-6-18-16)19-24-20-7-9-22-10-8-20/h2-6,19H,7-11H2,1H3,(H,17,21). The van der Waals surface area contributed by atoms with Crippen molar-refractivity contribution in [3.63, 3.8) is 0 Å². The van der Waals surface area contributed by atoms with E-state index in [2.05, 4.69) is 19.3 Å². The van der Waals surface area contributed by atoms with Crippen LogP contribution in [-0.2, 0) is 9.53 Å². The van der Waals surface area contributed by atoms with Gasteiger partial charge in [-0.1, -0.05) is 0 Å². The molecule has 0 unspecified atom stereocenters. The average Bonchev–Trinajstić information content (AvgIpc) is 2.65. The predicted octanol–water partition coefficient (Wildman–Crippen LogP) is 1.67. The maximum Gasteiger partial charge on any atom is 0.257 e. The van der Waals surface area contributed by atoms with Crippen LogP contribution in [0, 0.1) is 0 Å². The van der Waals surface area contributed by atoms with E-state index in [4.69, 9.17) is 9.47 Å². The van der Waals surface area contributed by atoms with E-state index in [1.165, 1.54) is 0 Å². The molecule has 128 valence electrons. The third-order valence-electron chi connectivity index (χ3n) is 3.62. The van der Waals surface area contributed by atoms with E-state index in [1.54, 1.807) is 25.4 Å². The normalized spacial score (nSPS) is 15.2. The number of anilines is 1. The van der Waals surface area contributed by atoms with Crippen molar-refractivity contribution in [3.8, 4) is 5.75 Å². The van der Waals surface area contributed by atoms with Crippen LogP contribution in [0.15, 0.2) is 30.5 Å². The first-order valence-corrected chi connectivity index (χ1v) is 8.52. The van der Waals surface area contributed by atoms with Crippen LogP contribution in [0.2, 0.25) is 0 Å². The number of ether oxygens (including phenoxy) is 2. The van der Waals surface area contributed by atoms with Crippen LogP contribution in [0.1, 0.15) is 0 Å². The van der Waals surface area contributed by atoms with Crippen molar-refractivity contribution in [2.45, 2.75) is 0 Å². The summed E-state index contributed by atoms with van der Waals surface area (Å²) in [7, 11) is 1.58. The molecule has 0 aliphatic carbocycles. The van der Waals surface area contributed by atoms with E-state index in [0.29, 0.717) is 5.75 Å². The molecule has 7 nitrogen and oxygen atoms in total. The number of nitrogens with one attached hydrogen (secondary N) is 2. The summed E-state index contributed by atoms with van der Waals surface area (Å²) in [5.74, 6) is 0.473. The summed E-state index contributed by atoms with van der Waals surface area (Å²) in [5.41, 5.74) is 1.72. The van der Waals surface area contributed by atoms with Gasteiger partial charge in [0.25, 0.3) is 5.91 Å². The molecule has 1 aromatic heterocycles. The Morgan fingerprint density at radius 1 is 1.38 bits per heavy atom. The molecule has 0 atom stereocenters. The topological polar surface area (TPSA) is 75.7 Å². The Hall–Kier alpha value is -2.03. The van der Waals surface area contributed by atoms with Gasteiger partial charge < -0.3 is 19.5 Å². The lowest BCUT2D eigenvalue weighted by atomic mass is 10.2. The Balaban J connectivity index is 1.75. The fraction of sp³-hybridized carbons (Fsp3) is 0.375. The smallest absolute Gasteiger partial charge is 0.257 e. The summed E-state index contributed by atoms with van der Waals surface area (Å²) in [6, 6.07) is 7.57. The third-order valence-corrected chi connectivity index (χ3v) is 4.56. The fourth-order valence-corrected chi connectivity index (χ4v) is 3.05. The summed E-state index contributed by atoms with van der Waals surface area (Å²) in [4.78, 5) is 15.8. The van der Waals surface area contributed by atoms with Gasteiger partial charge in [0.15, 0.2) is 6.61 Å². The number of hydrogen-bond donors (Lipinski definition) is 2. The van der Waals surface area contributed by atoms with E-state index >= 15 is 0 Å². The summed E-state index contributed by atoms with van der Waals surface area (Å²) in [6.45, 7) is 3.25. The first-order valence-electron chi connectivity index (χ1n) is 7.74. The van der Waals surface area contributed by atoms with Gasteiger partial charge in [-0.2, -0.15) is 0 Å². The molecular formula is C16H20N4O3S. The molecule has 3 rings (SSSR count). The highest BCUT2D eigenvalue weighted by molar-refractivity contribution is 7.98. The minimum Gasteiger partial charge on any atom is -0.483 e. The SMILES string of the molecule is CNC(=O)COc1ccc(NSN2CCOCC2)c2ncccc12. The Kier molecular flexibility index (Phi) is 5.73. The zero-order valence-corrected chi connectivity index (χ0v) is 14.3. The fourth-order valence-electron chi connectivity index (χ4n) is 2.32. The molecular weight excluding hydrogens is 328 g/mol. The molecule has 1 aliphatic heterocycles. The molecule has 1 amide bonds. The Morgan fingerprint density at radius 3 is 3.00 bits per heavy atom. The quantitative estimate of drug-likeness (QED) is 0.769. The highest BCUT2D eigenvalue weighted by atomic mass is 32.2. The van der Waals surface area contributed by atoms with Gasteiger partial charge in [0.2, 0.25) is 0 Å². The van der Waals surface area contributed by atoms with Crippen molar-refractivity contribution in [3.05, 3.63) is 30.5 Å². The van der Waals surface area contributed by atoms with E-state index in [1.807, 2.05) is 24.3 Å². The molecule has 2 aromatic rings. The second-order valence-corrected chi connectivity index (χ2v) is 6.11. The summed E-state index contributed by atoms with van der Waals surface area (Å²) in [5, 5.41) is 3.41. The zero-order chi connectivity index (χ0) is 16.8. The molecule has 2 heterocycles. The Morgan fingerprint density at radius 2 is 2.21 bits per heavy atom. The third kappa shape index (κ3) is 4.08. The molecule has 0 spiro atoms. The van der Waals surface area contributed by atoms with Gasteiger partial charge >= 0.3 is 0 Å². The first-order chi connectivity index (χ1) is 11.8. The van der Waals surface area contributed by atoms with Crippen LogP contribution in [0.25, 0.3) is 10.9 Å². The lowest BCUT2D eigenvalue weighted by molar-refractivity contribution is -0.122. The molecule has 1 fully saturated rings. The molecule has 0 radical (unpaired) electrons. The first kappa shape index (κ1) is 16.8. The van der Waals surface area contributed by atoms with Crippen LogP contribution in [0.4, 0.5) is 5.69 Å². The van der Waals surface area contributed by atoms with Crippen LogP contribution in [0.3, 0.4) is 0 Å². The molecule has 0 saturated carbocycles. The van der Waals surface area contributed by atoms with Gasteiger partial charge in [-0.15, -0.1) is 0 Å². The van der Waals surface area contributed by atoms with Crippen LogP contribution in [0.5, 0.6) is 5.75 Å². The number of hydrogen-bond acceptors (Lipinski definition) is 7. The van der Waals surface area contributed by atoms with Crippen molar-refractivity contribution >= 4 is 34.6 Å². The Labute approximate surface area is 145 Å². The minimum absolute atomic E-state index is 0.0181. The van der Waals surface area contributed by atoms with Gasteiger partial charge in [0, 0.05) is 43.9 Å². The second kappa shape index (κ2) is 8.18. The van der Waals surface area contributed by atoms with Crippen LogP contribution >= 0.6 is 12.1 Å². The van der Waals surface area contributed by atoms with E-state index < -0.39 is 0 Å². The summed E-state index contributed by atoms with van der Waals surface area (Å²) < 4.78 is 16.5. The number of likely N-dealkylation sites (N-methyl/N-ethyl adjacent to an activating group) is 1. The van der Waals surface area contributed by atoms with Gasteiger partial charge in [-0.25, -0.2) is 4.31 Å². The number of rotatable bonds is 6. The molecule has 8 heteroatoms. The van der Waals surface area contributed by atoms with Crippen molar-refractivity contribution in [1.82, 2.24) is 14.6 Å². The number of pyridine rings is 1. The van der Waals surface area contributed by atoms with Crippen molar-refractivity contribution in [2.24, 2.45) is 0 Å². The van der Waals surface area contributed by atoms with E-state index in [0.717, 1.165) is 42.9 Å². The monoisotopic (exact) mass is 348 g/mol. The second-order valence-electron chi connectivity index (χ2n) is 5.21. The van der Waals surface area contributed by atoms with Gasteiger partial charge in [0.05, 0.1) is 24.4 Å².